The smallest absolute Gasteiger partial charge is 0.311 e. The van der Waals surface area contributed by atoms with Gasteiger partial charge in [-0.1, -0.05) is 19.9 Å². The monoisotopic (exact) mass is 413 g/mol. The van der Waals surface area contributed by atoms with E-state index in [0.717, 1.165) is 17.0 Å². The van der Waals surface area contributed by atoms with E-state index in [1.54, 1.807) is 23.7 Å². The number of nitrogens with zero attached hydrogens (tertiary/aromatic N) is 2. The highest BCUT2D eigenvalue weighted by Crippen LogP contribution is 2.41. The van der Waals surface area contributed by atoms with E-state index in [2.05, 4.69) is 22.6 Å². The third kappa shape index (κ3) is 5.44. The Balaban J connectivity index is 1.84. The van der Waals surface area contributed by atoms with Crippen molar-refractivity contribution in [1.29, 1.82) is 0 Å². The zero-order valence-corrected chi connectivity index (χ0v) is 17.8. The van der Waals surface area contributed by atoms with E-state index < -0.39 is 0 Å². The standard InChI is InChI=1S/C22H27N3O3S/c1-4-10-27-21(26)11-17(23)22(20-9-8-19(29-20)16-6-5-7-16)28-15(3)18-13-24-14(2)12-25-18/h8-9,12-13,16H,3-7,10-11,23H2,1-2H3/b22-17-. The minimum atomic E-state index is -0.373. The van der Waals surface area contributed by atoms with Crippen LogP contribution in [-0.4, -0.2) is 22.5 Å². The van der Waals surface area contributed by atoms with Gasteiger partial charge in [0.05, 0.1) is 35.5 Å². The van der Waals surface area contributed by atoms with Crippen LogP contribution < -0.4 is 5.73 Å². The quantitative estimate of drug-likeness (QED) is 0.470. The molecule has 0 amide bonds. The number of rotatable bonds is 9. The minimum absolute atomic E-state index is 0.0428. The Hall–Kier alpha value is -2.67. The lowest BCUT2D eigenvalue weighted by Gasteiger charge is -2.23. The van der Waals surface area contributed by atoms with Crippen molar-refractivity contribution < 1.29 is 14.3 Å². The number of aromatic nitrogens is 2. The number of nitrogens with two attached hydrogens (primary N) is 1. The topological polar surface area (TPSA) is 87.3 Å². The van der Waals surface area contributed by atoms with Gasteiger partial charge in [-0.25, -0.2) is 4.98 Å². The van der Waals surface area contributed by atoms with Crippen LogP contribution in [0.5, 0.6) is 0 Å². The van der Waals surface area contributed by atoms with Gasteiger partial charge in [-0.3, -0.25) is 9.78 Å². The van der Waals surface area contributed by atoms with Crippen molar-refractivity contribution in [3.63, 3.8) is 0 Å². The summed E-state index contributed by atoms with van der Waals surface area (Å²) >= 11 is 1.65. The fourth-order valence-corrected chi connectivity index (χ4v) is 4.07. The van der Waals surface area contributed by atoms with Crippen molar-refractivity contribution >= 4 is 28.8 Å². The van der Waals surface area contributed by atoms with Crippen molar-refractivity contribution in [2.75, 3.05) is 6.61 Å². The molecule has 3 rings (SSSR count). The molecule has 6 nitrogen and oxygen atoms in total. The van der Waals surface area contributed by atoms with Crippen LogP contribution in [0.3, 0.4) is 0 Å². The van der Waals surface area contributed by atoms with E-state index in [-0.39, 0.29) is 12.4 Å². The molecule has 2 aromatic rings. The number of hydrogen-bond acceptors (Lipinski definition) is 7. The van der Waals surface area contributed by atoms with Crippen molar-refractivity contribution in [1.82, 2.24) is 9.97 Å². The summed E-state index contributed by atoms with van der Waals surface area (Å²) in [6, 6.07) is 4.11. The molecule has 1 aliphatic carbocycles. The molecule has 2 aromatic heterocycles. The SMILES string of the molecule is C=C(O/C(=C(\N)CC(=O)OCCC)c1ccc(C2CCC2)s1)c1cnc(C)cn1. The highest BCUT2D eigenvalue weighted by atomic mass is 32.1. The third-order valence-corrected chi connectivity index (χ3v) is 5.99. The Bertz CT molecular complexity index is 898. The zero-order valence-electron chi connectivity index (χ0n) is 16.9. The summed E-state index contributed by atoms with van der Waals surface area (Å²) in [6.07, 6.45) is 7.67. The molecule has 1 saturated carbocycles. The predicted molar refractivity (Wildman–Crippen MR) is 115 cm³/mol. The highest BCUT2D eigenvalue weighted by Gasteiger charge is 2.23. The van der Waals surface area contributed by atoms with Crippen LogP contribution in [0.4, 0.5) is 0 Å². The highest BCUT2D eigenvalue weighted by molar-refractivity contribution is 7.13. The number of carbonyl (C=O) groups is 1. The molecular weight excluding hydrogens is 386 g/mol. The van der Waals surface area contributed by atoms with Gasteiger partial charge in [-0.05, 0) is 44.2 Å². The molecular formula is C22H27N3O3S. The molecule has 0 unspecified atom stereocenters. The lowest BCUT2D eigenvalue weighted by Crippen LogP contribution is -2.13. The molecule has 0 radical (unpaired) electrons. The lowest BCUT2D eigenvalue weighted by molar-refractivity contribution is -0.142. The van der Waals surface area contributed by atoms with Crippen molar-refractivity contribution in [3.05, 3.63) is 57.9 Å². The number of esters is 1. The van der Waals surface area contributed by atoms with Crippen LogP contribution in [0.25, 0.3) is 11.5 Å². The minimum Gasteiger partial charge on any atom is -0.465 e. The molecule has 0 saturated heterocycles. The van der Waals surface area contributed by atoms with Gasteiger partial charge in [0.15, 0.2) is 5.76 Å². The van der Waals surface area contributed by atoms with Crippen LogP contribution in [0.15, 0.2) is 36.8 Å². The van der Waals surface area contributed by atoms with Gasteiger partial charge in [0, 0.05) is 11.1 Å². The summed E-state index contributed by atoms with van der Waals surface area (Å²) in [5.41, 5.74) is 7.93. The Morgan fingerprint density at radius 1 is 1.31 bits per heavy atom. The molecule has 154 valence electrons. The summed E-state index contributed by atoms with van der Waals surface area (Å²) in [4.78, 5) is 22.8. The molecule has 29 heavy (non-hydrogen) atoms. The number of ether oxygens (including phenoxy) is 2. The molecule has 0 aliphatic heterocycles. The lowest BCUT2D eigenvalue weighted by atomic mass is 9.84. The van der Waals surface area contributed by atoms with Crippen molar-refractivity contribution in [2.24, 2.45) is 5.73 Å². The van der Waals surface area contributed by atoms with Crippen molar-refractivity contribution in [3.8, 4) is 0 Å². The Kier molecular flexibility index (Phi) is 7.04. The van der Waals surface area contributed by atoms with Gasteiger partial charge in [-0.15, -0.1) is 11.3 Å². The van der Waals surface area contributed by atoms with Gasteiger partial charge in [0.25, 0.3) is 0 Å². The molecule has 2 heterocycles. The largest absolute Gasteiger partial charge is 0.465 e. The first-order chi connectivity index (χ1) is 14.0. The fraction of sp³-hybridized carbons (Fsp3) is 0.409. The van der Waals surface area contributed by atoms with E-state index in [4.69, 9.17) is 15.2 Å². The van der Waals surface area contributed by atoms with Crippen LogP contribution in [0.2, 0.25) is 0 Å². The molecule has 1 fully saturated rings. The van der Waals surface area contributed by atoms with Gasteiger partial charge < -0.3 is 15.2 Å². The number of thiophene rings is 1. The van der Waals surface area contributed by atoms with Gasteiger partial charge in [0.2, 0.25) is 0 Å². The maximum atomic E-state index is 12.1. The second-order valence-corrected chi connectivity index (χ2v) is 8.27. The second kappa shape index (κ2) is 9.69. The molecule has 1 aliphatic rings. The average Bonchev–Trinajstić information content (AvgIpc) is 3.12. The maximum absolute atomic E-state index is 12.1. The van der Waals surface area contributed by atoms with Crippen molar-refractivity contribution in [2.45, 2.75) is 51.9 Å². The molecule has 7 heteroatoms. The van der Waals surface area contributed by atoms with Crippen LogP contribution in [-0.2, 0) is 14.3 Å². The fourth-order valence-electron chi connectivity index (χ4n) is 2.88. The normalized spacial score (nSPS) is 14.7. The average molecular weight is 414 g/mol. The number of aryl methyl sites for hydroxylation is 1. The first-order valence-corrected chi connectivity index (χ1v) is 10.7. The van der Waals surface area contributed by atoms with Gasteiger partial charge >= 0.3 is 5.97 Å². The van der Waals surface area contributed by atoms with Crippen LogP contribution in [0, 0.1) is 6.92 Å². The number of hydrogen-bond donors (Lipinski definition) is 1. The second-order valence-electron chi connectivity index (χ2n) is 7.15. The molecule has 0 aromatic carbocycles. The van der Waals surface area contributed by atoms with Crippen LogP contribution in [0.1, 0.15) is 66.1 Å². The van der Waals surface area contributed by atoms with E-state index in [9.17, 15) is 4.79 Å². The molecule has 0 atom stereocenters. The summed E-state index contributed by atoms with van der Waals surface area (Å²) in [5, 5.41) is 0. The van der Waals surface area contributed by atoms with Gasteiger partial charge in [-0.2, -0.15) is 0 Å². The zero-order chi connectivity index (χ0) is 20.8. The third-order valence-electron chi connectivity index (χ3n) is 4.74. The maximum Gasteiger partial charge on any atom is 0.311 e. The molecule has 0 spiro atoms. The van der Waals surface area contributed by atoms with E-state index in [1.165, 1.54) is 24.1 Å². The first-order valence-electron chi connectivity index (χ1n) is 9.88. The molecule has 2 N–H and O–H groups in total. The molecule has 0 bridgehead atoms. The number of carbonyl (C=O) groups excluding carboxylic acids is 1. The predicted octanol–water partition coefficient (Wildman–Crippen LogP) is 4.77. The van der Waals surface area contributed by atoms with E-state index >= 15 is 0 Å². The summed E-state index contributed by atoms with van der Waals surface area (Å²) in [7, 11) is 0. The summed E-state index contributed by atoms with van der Waals surface area (Å²) in [6.45, 7) is 8.15. The Morgan fingerprint density at radius 3 is 2.72 bits per heavy atom. The summed E-state index contributed by atoms with van der Waals surface area (Å²) in [5.74, 6) is 0.997. The van der Waals surface area contributed by atoms with Gasteiger partial charge in [0.1, 0.15) is 11.5 Å². The Morgan fingerprint density at radius 2 is 2.10 bits per heavy atom. The van der Waals surface area contributed by atoms with E-state index in [1.807, 2.05) is 19.9 Å². The Labute approximate surface area is 175 Å². The van der Waals surface area contributed by atoms with E-state index in [0.29, 0.717) is 35.4 Å². The first kappa shape index (κ1) is 21.0. The summed E-state index contributed by atoms with van der Waals surface area (Å²) < 4.78 is 11.2. The van der Waals surface area contributed by atoms with Crippen LogP contribution >= 0.6 is 11.3 Å².